The second kappa shape index (κ2) is 6.42. The Bertz CT molecular complexity index is 487. The van der Waals surface area contributed by atoms with Gasteiger partial charge in [0.15, 0.2) is 0 Å². The fraction of sp³-hybridized carbons (Fsp3) is 0.417. The summed E-state index contributed by atoms with van der Waals surface area (Å²) in [4.78, 5) is 11.5. The summed E-state index contributed by atoms with van der Waals surface area (Å²) >= 11 is 0. The van der Waals surface area contributed by atoms with Crippen LogP contribution in [-0.4, -0.2) is 30.7 Å². The molecule has 0 heterocycles. The molecule has 10 heteroatoms. The number of hydrogen-bond donors (Lipinski definition) is 2. The molecule has 2 amide bonds. The summed E-state index contributed by atoms with van der Waals surface area (Å²) in [7, 11) is 0. The quantitative estimate of drug-likeness (QED) is 0.654. The van der Waals surface area contributed by atoms with Gasteiger partial charge < -0.3 is 10.1 Å². The van der Waals surface area contributed by atoms with E-state index in [4.69, 9.17) is 0 Å². The van der Waals surface area contributed by atoms with Crippen molar-refractivity contribution >= 4 is 11.7 Å². The molecule has 0 saturated carbocycles. The maximum atomic E-state index is 12.9. The molecular formula is C12H12F6N2O2. The van der Waals surface area contributed by atoms with Gasteiger partial charge in [0.2, 0.25) is 0 Å². The molecule has 0 radical (unpaired) electrons. The average Bonchev–Trinajstić information content (AvgIpc) is 2.36. The third-order valence-electron chi connectivity index (χ3n) is 2.48. The smallest absolute Gasteiger partial charge is 0.341 e. The van der Waals surface area contributed by atoms with E-state index in [1.165, 1.54) is 24.3 Å². The lowest BCUT2D eigenvalue weighted by molar-refractivity contribution is -0.387. The van der Waals surface area contributed by atoms with E-state index in [-0.39, 0.29) is 5.69 Å². The van der Waals surface area contributed by atoms with E-state index in [1.54, 1.807) is 6.07 Å². The van der Waals surface area contributed by atoms with Crippen molar-refractivity contribution in [2.24, 2.45) is 0 Å². The zero-order chi connectivity index (χ0) is 17.0. The number of carbonyl (C=O) groups is 1. The number of alkyl halides is 6. The Balaban J connectivity index is 3.05. The number of rotatable bonds is 4. The van der Waals surface area contributed by atoms with Crippen molar-refractivity contribution in [1.29, 1.82) is 0 Å². The number of nitrogens with one attached hydrogen (secondary N) is 2. The van der Waals surface area contributed by atoms with E-state index < -0.39 is 30.7 Å². The van der Waals surface area contributed by atoms with Crippen LogP contribution < -0.4 is 10.6 Å². The number of amides is 2. The molecule has 0 fully saturated rings. The van der Waals surface area contributed by atoms with Gasteiger partial charge >= 0.3 is 24.1 Å². The van der Waals surface area contributed by atoms with Crippen LogP contribution in [0.3, 0.4) is 0 Å². The number of urea groups is 1. The van der Waals surface area contributed by atoms with Gasteiger partial charge in [0.1, 0.15) is 0 Å². The van der Waals surface area contributed by atoms with Crippen LogP contribution in [0.5, 0.6) is 0 Å². The molecule has 4 nitrogen and oxygen atoms in total. The lowest BCUT2D eigenvalue weighted by atomic mass is 10.2. The number of anilines is 1. The van der Waals surface area contributed by atoms with Crippen molar-refractivity contribution in [2.45, 2.75) is 25.0 Å². The molecular weight excluding hydrogens is 318 g/mol. The van der Waals surface area contributed by atoms with Gasteiger partial charge in [0.05, 0.1) is 0 Å². The highest BCUT2D eigenvalue weighted by atomic mass is 19.4. The number of halogens is 6. The van der Waals surface area contributed by atoms with Gasteiger partial charge in [-0.2, -0.15) is 26.3 Å². The molecule has 0 aliphatic rings. The van der Waals surface area contributed by atoms with E-state index >= 15 is 0 Å². The maximum Gasteiger partial charge on any atom is 0.446 e. The topological polar surface area (TPSA) is 50.4 Å². The van der Waals surface area contributed by atoms with Crippen LogP contribution in [0.4, 0.5) is 36.8 Å². The number of benzene rings is 1. The lowest BCUT2D eigenvalue weighted by Crippen LogP contribution is -2.69. The molecule has 0 atom stereocenters. The van der Waals surface area contributed by atoms with Gasteiger partial charge in [-0.3, -0.25) is 5.32 Å². The summed E-state index contributed by atoms with van der Waals surface area (Å²) in [5, 5.41) is 2.71. The molecule has 22 heavy (non-hydrogen) atoms. The Morgan fingerprint density at radius 1 is 1.05 bits per heavy atom. The first-order valence-electron chi connectivity index (χ1n) is 5.95. The fourth-order valence-electron chi connectivity index (χ4n) is 1.56. The van der Waals surface area contributed by atoms with Crippen molar-refractivity contribution in [2.75, 3.05) is 11.9 Å². The average molecular weight is 330 g/mol. The van der Waals surface area contributed by atoms with Crippen LogP contribution in [-0.2, 0) is 4.74 Å². The second-order valence-electron chi connectivity index (χ2n) is 4.05. The summed E-state index contributed by atoms with van der Waals surface area (Å²) in [6.07, 6.45) is -11.8. The minimum absolute atomic E-state index is 0.0229. The fourth-order valence-corrected chi connectivity index (χ4v) is 1.56. The van der Waals surface area contributed by atoms with E-state index in [2.05, 4.69) is 4.74 Å². The SMILES string of the molecule is CCOC(NC(=O)Nc1ccccc1)(C(F)(F)F)C(F)(F)F. The van der Waals surface area contributed by atoms with Crippen LogP contribution in [0, 0.1) is 0 Å². The zero-order valence-corrected chi connectivity index (χ0v) is 11.2. The normalized spacial score (nSPS) is 12.9. The van der Waals surface area contributed by atoms with E-state index in [9.17, 15) is 31.1 Å². The van der Waals surface area contributed by atoms with Crippen LogP contribution in [0.2, 0.25) is 0 Å². The molecule has 0 bridgehead atoms. The highest BCUT2D eigenvalue weighted by molar-refractivity contribution is 5.89. The predicted octanol–water partition coefficient (Wildman–Crippen LogP) is 3.67. The number of ether oxygens (including phenoxy) is 1. The summed E-state index contributed by atoms with van der Waals surface area (Å²) in [6, 6.07) is 5.33. The van der Waals surface area contributed by atoms with Crippen LogP contribution >= 0.6 is 0 Å². The molecule has 1 aromatic carbocycles. The number of hydrogen-bond acceptors (Lipinski definition) is 2. The Morgan fingerprint density at radius 3 is 1.95 bits per heavy atom. The molecule has 124 valence electrons. The largest absolute Gasteiger partial charge is 0.446 e. The number of para-hydroxylation sites is 1. The van der Waals surface area contributed by atoms with Gasteiger partial charge in [-0.15, -0.1) is 0 Å². The van der Waals surface area contributed by atoms with E-state index in [0.717, 1.165) is 12.2 Å². The minimum atomic E-state index is -5.89. The van der Waals surface area contributed by atoms with E-state index in [0.29, 0.717) is 0 Å². The van der Waals surface area contributed by atoms with Crippen LogP contribution in [0.25, 0.3) is 0 Å². The highest BCUT2D eigenvalue weighted by Gasteiger charge is 2.73. The first-order chi connectivity index (χ1) is 10.0. The van der Waals surface area contributed by atoms with Crippen molar-refractivity contribution in [3.63, 3.8) is 0 Å². The Hall–Kier alpha value is -1.97. The highest BCUT2D eigenvalue weighted by Crippen LogP contribution is 2.44. The zero-order valence-electron chi connectivity index (χ0n) is 11.2. The molecule has 0 aliphatic heterocycles. The second-order valence-corrected chi connectivity index (χ2v) is 4.05. The summed E-state index contributed by atoms with van der Waals surface area (Å²) < 4.78 is 81.1. The Kier molecular flexibility index (Phi) is 5.28. The third-order valence-corrected chi connectivity index (χ3v) is 2.48. The minimum Gasteiger partial charge on any atom is -0.341 e. The van der Waals surface area contributed by atoms with Gasteiger partial charge in [0.25, 0.3) is 0 Å². The summed E-state index contributed by atoms with van der Waals surface area (Å²) in [6.45, 7) is 0.0354. The Labute approximate surface area is 121 Å². The molecule has 1 rings (SSSR count). The van der Waals surface area contributed by atoms with Crippen molar-refractivity contribution in [1.82, 2.24) is 5.32 Å². The molecule has 0 spiro atoms. The standard InChI is InChI=1S/C12H12F6N2O2/c1-2-22-10(11(13,14)15,12(16,17)18)20-9(21)19-8-6-4-3-5-7-8/h3-7H,2H2,1H3,(H2,19,20,21). The molecule has 0 unspecified atom stereocenters. The van der Waals surface area contributed by atoms with E-state index in [1.807, 2.05) is 5.32 Å². The summed E-state index contributed by atoms with van der Waals surface area (Å²) in [5.74, 6) is 0. The lowest BCUT2D eigenvalue weighted by Gasteiger charge is -2.36. The molecule has 0 aromatic heterocycles. The predicted molar refractivity (Wildman–Crippen MR) is 65.1 cm³/mol. The van der Waals surface area contributed by atoms with Crippen molar-refractivity contribution < 1.29 is 35.9 Å². The summed E-state index contributed by atoms with van der Waals surface area (Å²) in [5.41, 5.74) is -4.76. The molecule has 0 aliphatic carbocycles. The van der Waals surface area contributed by atoms with Gasteiger partial charge in [0, 0.05) is 12.3 Å². The number of carbonyl (C=O) groups excluding carboxylic acids is 1. The molecule has 1 aromatic rings. The first kappa shape index (κ1) is 18.1. The Morgan fingerprint density at radius 2 is 1.55 bits per heavy atom. The van der Waals surface area contributed by atoms with Gasteiger partial charge in [-0.05, 0) is 19.1 Å². The maximum absolute atomic E-state index is 12.9. The van der Waals surface area contributed by atoms with Crippen molar-refractivity contribution in [3.8, 4) is 0 Å². The molecule has 2 N–H and O–H groups in total. The van der Waals surface area contributed by atoms with Crippen molar-refractivity contribution in [3.05, 3.63) is 30.3 Å². The van der Waals surface area contributed by atoms with Crippen LogP contribution in [0.15, 0.2) is 30.3 Å². The van der Waals surface area contributed by atoms with Gasteiger partial charge in [-0.1, -0.05) is 18.2 Å². The molecule has 0 saturated heterocycles. The van der Waals surface area contributed by atoms with Gasteiger partial charge in [-0.25, -0.2) is 4.79 Å². The van der Waals surface area contributed by atoms with Crippen LogP contribution in [0.1, 0.15) is 6.92 Å². The third kappa shape index (κ3) is 3.81. The first-order valence-corrected chi connectivity index (χ1v) is 5.95. The monoisotopic (exact) mass is 330 g/mol.